The predicted octanol–water partition coefficient (Wildman–Crippen LogP) is 15.1. The van der Waals surface area contributed by atoms with E-state index in [9.17, 15) is 0 Å². The van der Waals surface area contributed by atoms with Gasteiger partial charge in [0.25, 0.3) is 0 Å². The van der Waals surface area contributed by atoms with E-state index < -0.39 is 0 Å². The highest BCUT2D eigenvalue weighted by Crippen LogP contribution is 2.45. The molecule has 4 heteroatoms. The molecular weight excluding hydrogens is 753 g/mol. The fraction of sp³-hybridized carbons (Fsp3) is 0. The van der Waals surface area contributed by atoms with Gasteiger partial charge >= 0.3 is 0 Å². The molecule has 13 aromatic rings. The van der Waals surface area contributed by atoms with Gasteiger partial charge in [-0.2, -0.15) is 0 Å². The van der Waals surface area contributed by atoms with Gasteiger partial charge in [0.1, 0.15) is 0 Å². The van der Waals surface area contributed by atoms with Gasteiger partial charge in [0, 0.05) is 38.2 Å². The lowest BCUT2D eigenvalue weighted by molar-refractivity contribution is 1.01. The SMILES string of the molecule is c1ccc(-c2nc(-n3c4ccccc4c4c5ccccc5c(-c5ccc(-c6ccc7c8ccccc8n(-c8ccccc8)c7c6)c6ccccc56)cc43)nc3ccccc23)cc1. The Hall–Kier alpha value is -8.34. The van der Waals surface area contributed by atoms with E-state index in [1.165, 1.54) is 76.4 Å². The summed E-state index contributed by atoms with van der Waals surface area (Å²) in [4.78, 5) is 10.7. The maximum Gasteiger partial charge on any atom is 0.235 e. The lowest BCUT2D eigenvalue weighted by atomic mass is 9.89. The number of rotatable bonds is 5. The third-order valence-electron chi connectivity index (χ3n) is 12.7. The van der Waals surface area contributed by atoms with Gasteiger partial charge in [-0.05, 0) is 86.3 Å². The summed E-state index contributed by atoms with van der Waals surface area (Å²) in [6.45, 7) is 0. The molecule has 0 atom stereocenters. The summed E-state index contributed by atoms with van der Waals surface area (Å²) in [5, 5.41) is 10.7. The highest BCUT2D eigenvalue weighted by atomic mass is 15.2. The molecule has 0 saturated carbocycles. The number of hydrogen-bond donors (Lipinski definition) is 0. The molecule has 0 bridgehead atoms. The normalized spacial score (nSPS) is 11.9. The van der Waals surface area contributed by atoms with Crippen molar-refractivity contribution in [2.75, 3.05) is 0 Å². The molecule has 0 radical (unpaired) electrons. The summed E-state index contributed by atoms with van der Waals surface area (Å²) in [5.74, 6) is 0.651. The van der Waals surface area contributed by atoms with Gasteiger partial charge in [0.05, 0.1) is 33.3 Å². The van der Waals surface area contributed by atoms with Crippen molar-refractivity contribution < 1.29 is 0 Å². The summed E-state index contributed by atoms with van der Waals surface area (Å²) in [5.41, 5.74) is 13.3. The standard InChI is InChI=1S/C58H36N4/c1-3-17-37(18-4-1)57-48-26-11-14-28-51(48)59-58(60-57)62-53-30-16-13-27-49(53)56-47-25-10-9-23-43(47)50(36-55(56)62)44-34-33-40(41-21-7-8-22-42(41)44)38-31-32-46-45-24-12-15-29-52(45)61(54(46)35-38)39-19-5-2-6-20-39/h1-36H. The molecule has 0 amide bonds. The molecule has 0 aliphatic heterocycles. The van der Waals surface area contributed by atoms with Crippen molar-refractivity contribution in [3.63, 3.8) is 0 Å². The summed E-state index contributed by atoms with van der Waals surface area (Å²) in [6.07, 6.45) is 0. The van der Waals surface area contributed by atoms with Gasteiger partial charge in [-0.15, -0.1) is 0 Å². The van der Waals surface area contributed by atoms with E-state index in [1.54, 1.807) is 0 Å². The molecule has 3 aromatic heterocycles. The zero-order chi connectivity index (χ0) is 40.7. The van der Waals surface area contributed by atoms with Crippen molar-refractivity contribution in [1.29, 1.82) is 0 Å². The Bertz CT molecular complexity index is 3920. The number of hydrogen-bond acceptors (Lipinski definition) is 2. The molecule has 3 heterocycles. The Labute approximate surface area is 357 Å². The Balaban J connectivity index is 1.07. The molecular formula is C58H36N4. The number of para-hydroxylation sites is 4. The minimum atomic E-state index is 0.651. The zero-order valence-electron chi connectivity index (χ0n) is 33.6. The average Bonchev–Trinajstić information content (AvgIpc) is 3.86. The summed E-state index contributed by atoms with van der Waals surface area (Å²) < 4.78 is 4.67. The first-order valence-corrected chi connectivity index (χ1v) is 21.2. The maximum atomic E-state index is 5.40. The van der Waals surface area contributed by atoms with E-state index in [0.29, 0.717) is 5.95 Å². The second kappa shape index (κ2) is 13.6. The fourth-order valence-corrected chi connectivity index (χ4v) is 10.0. The number of fused-ring (bicyclic) bond motifs is 10. The number of benzene rings is 10. The van der Waals surface area contributed by atoms with Crippen molar-refractivity contribution in [3.8, 4) is 45.1 Å². The maximum absolute atomic E-state index is 5.40. The van der Waals surface area contributed by atoms with Gasteiger partial charge in [0.2, 0.25) is 5.95 Å². The fourth-order valence-electron chi connectivity index (χ4n) is 10.0. The minimum absolute atomic E-state index is 0.651. The Morgan fingerprint density at radius 3 is 1.60 bits per heavy atom. The highest BCUT2D eigenvalue weighted by Gasteiger charge is 2.22. The van der Waals surface area contributed by atoms with E-state index in [-0.39, 0.29) is 0 Å². The third-order valence-corrected chi connectivity index (χ3v) is 12.7. The average molecular weight is 789 g/mol. The summed E-state index contributed by atoms with van der Waals surface area (Å²) in [7, 11) is 0. The highest BCUT2D eigenvalue weighted by molar-refractivity contribution is 6.25. The molecule has 0 aliphatic rings. The number of aromatic nitrogens is 4. The van der Waals surface area contributed by atoms with Gasteiger partial charge in [-0.25, -0.2) is 9.97 Å². The van der Waals surface area contributed by atoms with E-state index in [0.717, 1.165) is 38.9 Å². The van der Waals surface area contributed by atoms with Gasteiger partial charge in [0.15, 0.2) is 0 Å². The van der Waals surface area contributed by atoms with Crippen molar-refractivity contribution in [2.24, 2.45) is 0 Å². The third kappa shape index (κ3) is 5.14. The summed E-state index contributed by atoms with van der Waals surface area (Å²) in [6, 6.07) is 78.6. The molecule has 62 heavy (non-hydrogen) atoms. The van der Waals surface area contributed by atoms with Crippen LogP contribution in [0.3, 0.4) is 0 Å². The molecule has 0 fully saturated rings. The van der Waals surface area contributed by atoms with Crippen molar-refractivity contribution in [3.05, 3.63) is 218 Å². The monoisotopic (exact) mass is 788 g/mol. The zero-order valence-corrected chi connectivity index (χ0v) is 33.6. The number of nitrogens with zero attached hydrogens (tertiary/aromatic N) is 4. The lowest BCUT2D eigenvalue weighted by Gasteiger charge is -2.16. The topological polar surface area (TPSA) is 35.6 Å². The van der Waals surface area contributed by atoms with Crippen LogP contribution in [0.25, 0.3) is 121 Å². The molecule has 0 aliphatic carbocycles. The smallest absolute Gasteiger partial charge is 0.235 e. The van der Waals surface area contributed by atoms with Crippen molar-refractivity contribution >= 4 is 76.1 Å². The van der Waals surface area contributed by atoms with E-state index >= 15 is 0 Å². The molecule has 0 saturated heterocycles. The van der Waals surface area contributed by atoms with Crippen LogP contribution in [-0.2, 0) is 0 Å². The predicted molar refractivity (Wildman–Crippen MR) is 260 cm³/mol. The van der Waals surface area contributed by atoms with Crippen LogP contribution in [0.15, 0.2) is 218 Å². The molecule has 10 aromatic carbocycles. The van der Waals surface area contributed by atoms with Crippen molar-refractivity contribution in [2.45, 2.75) is 0 Å². The van der Waals surface area contributed by atoms with E-state index in [4.69, 9.17) is 9.97 Å². The molecule has 0 N–H and O–H groups in total. The minimum Gasteiger partial charge on any atom is -0.309 e. The van der Waals surface area contributed by atoms with Crippen LogP contribution in [0.4, 0.5) is 0 Å². The van der Waals surface area contributed by atoms with Crippen LogP contribution < -0.4 is 0 Å². The second-order valence-corrected chi connectivity index (χ2v) is 16.1. The van der Waals surface area contributed by atoms with Crippen LogP contribution in [0.2, 0.25) is 0 Å². The van der Waals surface area contributed by atoms with Crippen LogP contribution in [0, 0.1) is 0 Å². The molecule has 0 spiro atoms. The van der Waals surface area contributed by atoms with Crippen LogP contribution in [0.5, 0.6) is 0 Å². The van der Waals surface area contributed by atoms with Gasteiger partial charge in [-0.3, -0.25) is 4.57 Å². The summed E-state index contributed by atoms with van der Waals surface area (Å²) >= 11 is 0. The molecule has 0 unspecified atom stereocenters. The Morgan fingerprint density at radius 1 is 0.290 bits per heavy atom. The second-order valence-electron chi connectivity index (χ2n) is 16.1. The van der Waals surface area contributed by atoms with Gasteiger partial charge < -0.3 is 4.57 Å². The Morgan fingerprint density at radius 2 is 0.839 bits per heavy atom. The largest absolute Gasteiger partial charge is 0.309 e. The van der Waals surface area contributed by atoms with Crippen LogP contribution >= 0.6 is 0 Å². The lowest BCUT2D eigenvalue weighted by Crippen LogP contribution is -2.03. The van der Waals surface area contributed by atoms with E-state index in [1.807, 2.05) is 6.07 Å². The molecule has 4 nitrogen and oxygen atoms in total. The van der Waals surface area contributed by atoms with Crippen molar-refractivity contribution in [1.82, 2.24) is 19.1 Å². The Kier molecular flexibility index (Phi) is 7.57. The van der Waals surface area contributed by atoms with Crippen LogP contribution in [-0.4, -0.2) is 19.1 Å². The first-order chi connectivity index (χ1) is 30.8. The van der Waals surface area contributed by atoms with Crippen LogP contribution in [0.1, 0.15) is 0 Å². The molecule has 13 rings (SSSR count). The van der Waals surface area contributed by atoms with Gasteiger partial charge in [-0.1, -0.05) is 176 Å². The molecule has 288 valence electrons. The van der Waals surface area contributed by atoms with E-state index in [2.05, 4.69) is 221 Å². The quantitative estimate of drug-likeness (QED) is 0.174. The first kappa shape index (κ1) is 34.5. The first-order valence-electron chi connectivity index (χ1n) is 21.2.